The Bertz CT molecular complexity index is 567. The summed E-state index contributed by atoms with van der Waals surface area (Å²) in [6, 6.07) is 10.7. The van der Waals surface area contributed by atoms with Gasteiger partial charge in [0, 0.05) is 0 Å². The van der Waals surface area contributed by atoms with Crippen molar-refractivity contribution in [3.63, 3.8) is 0 Å². The predicted molar refractivity (Wildman–Crippen MR) is 74.4 cm³/mol. The van der Waals surface area contributed by atoms with E-state index in [1.807, 2.05) is 12.1 Å². The molecule has 0 unspecified atom stereocenters. The fourth-order valence-corrected chi connectivity index (χ4v) is 1.55. The molecule has 0 atom stereocenters. The van der Waals surface area contributed by atoms with Crippen LogP contribution in [0.25, 0.3) is 0 Å². The average molecular weight is 278 g/mol. The van der Waals surface area contributed by atoms with Crippen molar-refractivity contribution in [2.45, 2.75) is 0 Å². The molecule has 2 rings (SSSR count). The number of hydrogen-bond acceptors (Lipinski definition) is 4. The van der Waals surface area contributed by atoms with E-state index in [9.17, 15) is 4.79 Å². The molecule has 98 valence electrons. The average Bonchev–Trinajstić information content (AvgIpc) is 2.91. The second-order valence-corrected chi connectivity index (χ2v) is 4.05. The summed E-state index contributed by atoms with van der Waals surface area (Å²) >= 11 is 5.94. The minimum Gasteiger partial charge on any atom is -0.463 e. The zero-order valence-corrected chi connectivity index (χ0v) is 10.7. The molecule has 2 aromatic rings. The number of nitrogens with zero attached hydrogens (tertiary/aromatic N) is 1. The minimum absolute atomic E-state index is 0.0826. The van der Waals surface area contributed by atoms with E-state index in [2.05, 4.69) is 15.8 Å². The summed E-state index contributed by atoms with van der Waals surface area (Å²) in [6.45, 7) is 0.0826. The Morgan fingerprint density at radius 1 is 1.32 bits per heavy atom. The molecule has 0 bridgehead atoms. The Hall–Kier alpha value is -2.27. The number of nitrogens with one attached hydrogen (secondary N) is 2. The molecule has 1 aromatic heterocycles. The van der Waals surface area contributed by atoms with Crippen LogP contribution in [0, 0.1) is 0 Å². The van der Waals surface area contributed by atoms with E-state index in [-0.39, 0.29) is 12.5 Å². The molecular weight excluding hydrogens is 266 g/mol. The molecule has 1 heterocycles. The number of anilines is 1. The van der Waals surface area contributed by atoms with Gasteiger partial charge in [-0.2, -0.15) is 5.10 Å². The van der Waals surface area contributed by atoms with Crippen LogP contribution in [-0.2, 0) is 4.79 Å². The van der Waals surface area contributed by atoms with Gasteiger partial charge in [0.05, 0.1) is 29.7 Å². The van der Waals surface area contributed by atoms with Gasteiger partial charge < -0.3 is 9.73 Å². The summed E-state index contributed by atoms with van der Waals surface area (Å²) in [5.41, 5.74) is 3.08. The van der Waals surface area contributed by atoms with Gasteiger partial charge in [-0.15, -0.1) is 0 Å². The maximum absolute atomic E-state index is 11.5. The lowest BCUT2D eigenvalue weighted by Gasteiger charge is -2.06. The van der Waals surface area contributed by atoms with Crippen LogP contribution < -0.4 is 10.7 Å². The number of hydrogen-bond donors (Lipinski definition) is 2. The number of halogens is 1. The molecule has 0 saturated carbocycles. The van der Waals surface area contributed by atoms with Gasteiger partial charge >= 0.3 is 0 Å². The Kier molecular flexibility index (Phi) is 4.58. The van der Waals surface area contributed by atoms with Crippen LogP contribution in [0.5, 0.6) is 0 Å². The molecule has 0 aliphatic rings. The van der Waals surface area contributed by atoms with Crippen molar-refractivity contribution < 1.29 is 9.21 Å². The number of hydrazone groups is 1. The number of rotatable bonds is 5. The lowest BCUT2D eigenvalue weighted by atomic mass is 10.3. The molecular formula is C13H12ClN3O2. The summed E-state index contributed by atoms with van der Waals surface area (Å²) in [7, 11) is 0. The van der Waals surface area contributed by atoms with Gasteiger partial charge in [-0.1, -0.05) is 23.7 Å². The number of carbonyl (C=O) groups excluding carboxylic acids is 1. The second kappa shape index (κ2) is 6.61. The van der Waals surface area contributed by atoms with E-state index in [4.69, 9.17) is 16.0 Å². The SMILES string of the molecule is O=C(CNc1ccccc1Cl)NN=Cc1ccco1. The summed E-state index contributed by atoms with van der Waals surface area (Å²) in [4.78, 5) is 11.5. The van der Waals surface area contributed by atoms with Crippen LogP contribution >= 0.6 is 11.6 Å². The van der Waals surface area contributed by atoms with Crippen LogP contribution in [-0.4, -0.2) is 18.7 Å². The quantitative estimate of drug-likeness (QED) is 0.652. The van der Waals surface area contributed by atoms with Crippen molar-refractivity contribution in [2.24, 2.45) is 5.10 Å². The van der Waals surface area contributed by atoms with E-state index in [1.165, 1.54) is 12.5 Å². The molecule has 0 fully saturated rings. The monoisotopic (exact) mass is 277 g/mol. The van der Waals surface area contributed by atoms with Gasteiger partial charge in [0.2, 0.25) is 0 Å². The number of amides is 1. The van der Waals surface area contributed by atoms with E-state index in [0.717, 1.165) is 0 Å². The number of carbonyl (C=O) groups is 1. The Labute approximate surface area is 115 Å². The summed E-state index contributed by atoms with van der Waals surface area (Å²) in [5.74, 6) is 0.294. The summed E-state index contributed by atoms with van der Waals surface area (Å²) in [5, 5.41) is 7.24. The summed E-state index contributed by atoms with van der Waals surface area (Å²) in [6.07, 6.45) is 2.95. The van der Waals surface area contributed by atoms with Crippen molar-refractivity contribution in [1.29, 1.82) is 0 Å². The molecule has 0 aliphatic carbocycles. The number of benzene rings is 1. The first-order valence-corrected chi connectivity index (χ1v) is 5.97. The van der Waals surface area contributed by atoms with Crippen molar-refractivity contribution in [3.05, 3.63) is 53.4 Å². The highest BCUT2D eigenvalue weighted by atomic mass is 35.5. The third-order valence-electron chi connectivity index (χ3n) is 2.24. The summed E-state index contributed by atoms with van der Waals surface area (Å²) < 4.78 is 5.03. The van der Waals surface area contributed by atoms with Crippen molar-refractivity contribution in [3.8, 4) is 0 Å². The van der Waals surface area contributed by atoms with Crippen LogP contribution in [0.2, 0.25) is 5.02 Å². The fourth-order valence-electron chi connectivity index (χ4n) is 1.35. The van der Waals surface area contributed by atoms with Gasteiger partial charge in [0.25, 0.3) is 5.91 Å². The molecule has 1 aromatic carbocycles. The molecule has 2 N–H and O–H groups in total. The first-order chi connectivity index (χ1) is 9.25. The molecule has 19 heavy (non-hydrogen) atoms. The van der Waals surface area contributed by atoms with E-state index in [1.54, 1.807) is 24.3 Å². The van der Waals surface area contributed by atoms with Crippen molar-refractivity contribution in [1.82, 2.24) is 5.43 Å². The van der Waals surface area contributed by atoms with Crippen LogP contribution in [0.4, 0.5) is 5.69 Å². The first kappa shape index (κ1) is 13.2. The number of furan rings is 1. The zero-order valence-electron chi connectivity index (χ0n) is 9.97. The normalized spacial score (nSPS) is 10.6. The smallest absolute Gasteiger partial charge is 0.259 e. The largest absolute Gasteiger partial charge is 0.463 e. The van der Waals surface area contributed by atoms with Gasteiger partial charge in [-0.3, -0.25) is 4.79 Å². The maximum Gasteiger partial charge on any atom is 0.259 e. The van der Waals surface area contributed by atoms with E-state index >= 15 is 0 Å². The zero-order chi connectivity index (χ0) is 13.5. The lowest BCUT2D eigenvalue weighted by molar-refractivity contribution is -0.119. The Morgan fingerprint density at radius 3 is 2.89 bits per heavy atom. The van der Waals surface area contributed by atoms with Crippen LogP contribution in [0.1, 0.15) is 5.76 Å². The van der Waals surface area contributed by atoms with Gasteiger partial charge in [0.15, 0.2) is 0 Å². The highest BCUT2D eigenvalue weighted by molar-refractivity contribution is 6.33. The van der Waals surface area contributed by atoms with Gasteiger partial charge in [-0.05, 0) is 24.3 Å². The van der Waals surface area contributed by atoms with Crippen LogP contribution in [0.3, 0.4) is 0 Å². The highest BCUT2D eigenvalue weighted by Crippen LogP contribution is 2.19. The van der Waals surface area contributed by atoms with E-state index < -0.39 is 0 Å². The predicted octanol–water partition coefficient (Wildman–Crippen LogP) is 2.50. The Morgan fingerprint density at radius 2 is 2.16 bits per heavy atom. The first-order valence-electron chi connectivity index (χ1n) is 5.59. The number of para-hydroxylation sites is 1. The van der Waals surface area contributed by atoms with Crippen LogP contribution in [0.15, 0.2) is 52.2 Å². The topological polar surface area (TPSA) is 66.6 Å². The highest BCUT2D eigenvalue weighted by Gasteiger charge is 2.02. The fraction of sp³-hybridized carbons (Fsp3) is 0.0769. The van der Waals surface area contributed by atoms with Gasteiger partial charge in [-0.25, -0.2) is 5.43 Å². The Balaban J connectivity index is 1.78. The molecule has 0 radical (unpaired) electrons. The molecule has 0 saturated heterocycles. The van der Waals surface area contributed by atoms with Gasteiger partial charge in [0.1, 0.15) is 5.76 Å². The minimum atomic E-state index is -0.275. The third kappa shape index (κ3) is 4.15. The molecule has 5 nitrogen and oxygen atoms in total. The molecule has 6 heteroatoms. The second-order valence-electron chi connectivity index (χ2n) is 3.64. The third-order valence-corrected chi connectivity index (χ3v) is 2.57. The van der Waals surface area contributed by atoms with E-state index in [0.29, 0.717) is 16.5 Å². The molecule has 0 spiro atoms. The van der Waals surface area contributed by atoms with Crippen molar-refractivity contribution in [2.75, 3.05) is 11.9 Å². The maximum atomic E-state index is 11.5. The standard InChI is InChI=1S/C13H12ClN3O2/c14-11-5-1-2-6-12(11)15-9-13(18)17-16-8-10-4-3-7-19-10/h1-8,15H,9H2,(H,17,18). The lowest BCUT2D eigenvalue weighted by Crippen LogP contribution is -2.25. The molecule has 0 aliphatic heterocycles. The van der Waals surface area contributed by atoms with Crippen molar-refractivity contribution >= 4 is 29.4 Å². The molecule has 1 amide bonds.